The van der Waals surface area contributed by atoms with Crippen molar-refractivity contribution in [2.24, 2.45) is 0 Å². The summed E-state index contributed by atoms with van der Waals surface area (Å²) in [6.45, 7) is 1.80. The number of nitrogens with zero attached hydrogens (tertiary/aromatic N) is 2. The number of carbonyl (C=O) groups excluding carboxylic acids is 1. The average Bonchev–Trinajstić information content (AvgIpc) is 2.55. The zero-order chi connectivity index (χ0) is 18.6. The summed E-state index contributed by atoms with van der Waals surface area (Å²) in [5, 5.41) is 11.7. The Morgan fingerprint density at radius 2 is 1.92 bits per heavy atom. The van der Waals surface area contributed by atoms with E-state index in [1.165, 1.54) is 23.1 Å². The molecule has 2 aromatic rings. The first kappa shape index (κ1) is 19.0. The van der Waals surface area contributed by atoms with Crippen molar-refractivity contribution < 1.29 is 14.5 Å². The van der Waals surface area contributed by atoms with Crippen LogP contribution in [0.2, 0.25) is 10.0 Å². The van der Waals surface area contributed by atoms with Crippen LogP contribution in [0.3, 0.4) is 0 Å². The van der Waals surface area contributed by atoms with Gasteiger partial charge in [0.15, 0.2) is 6.61 Å². The Morgan fingerprint density at radius 3 is 2.52 bits per heavy atom. The van der Waals surface area contributed by atoms with Crippen LogP contribution in [0.4, 0.5) is 5.69 Å². The number of aryl methyl sites for hydroxylation is 1. The molecule has 0 atom stereocenters. The minimum Gasteiger partial charge on any atom is -0.484 e. The second-order valence-corrected chi connectivity index (χ2v) is 6.31. The summed E-state index contributed by atoms with van der Waals surface area (Å²) in [7, 11) is 1.65. The van der Waals surface area contributed by atoms with E-state index >= 15 is 0 Å². The molecule has 0 aliphatic rings. The molecule has 25 heavy (non-hydrogen) atoms. The maximum Gasteiger partial charge on any atom is 0.272 e. The monoisotopic (exact) mass is 382 g/mol. The molecule has 0 bridgehead atoms. The van der Waals surface area contributed by atoms with E-state index in [0.717, 1.165) is 5.56 Å². The van der Waals surface area contributed by atoms with Gasteiger partial charge in [0.1, 0.15) is 5.75 Å². The summed E-state index contributed by atoms with van der Waals surface area (Å²) in [4.78, 5) is 24.0. The number of ether oxygens (including phenoxy) is 1. The van der Waals surface area contributed by atoms with Crippen LogP contribution in [0, 0.1) is 17.0 Å². The van der Waals surface area contributed by atoms with Gasteiger partial charge in [-0.05, 0) is 36.8 Å². The lowest BCUT2D eigenvalue weighted by molar-refractivity contribution is -0.385. The number of amides is 1. The molecule has 0 aliphatic carbocycles. The third-order valence-electron chi connectivity index (χ3n) is 3.56. The van der Waals surface area contributed by atoms with Crippen molar-refractivity contribution in [3.63, 3.8) is 0 Å². The van der Waals surface area contributed by atoms with Gasteiger partial charge >= 0.3 is 0 Å². The number of likely N-dealkylation sites (N-methyl/N-ethyl adjacent to an activating group) is 1. The average molecular weight is 383 g/mol. The van der Waals surface area contributed by atoms with Gasteiger partial charge in [-0.1, -0.05) is 29.3 Å². The molecule has 0 spiro atoms. The molecule has 0 fully saturated rings. The highest BCUT2D eigenvalue weighted by Gasteiger charge is 2.14. The third kappa shape index (κ3) is 5.08. The summed E-state index contributed by atoms with van der Waals surface area (Å²) in [6, 6.07) is 9.52. The van der Waals surface area contributed by atoms with Crippen LogP contribution >= 0.6 is 23.2 Å². The number of benzene rings is 2. The molecular formula is C17H16Cl2N2O4. The summed E-state index contributed by atoms with van der Waals surface area (Å²) < 4.78 is 5.42. The molecule has 0 aromatic heterocycles. The molecule has 0 N–H and O–H groups in total. The molecule has 132 valence electrons. The van der Waals surface area contributed by atoms with E-state index in [0.29, 0.717) is 27.9 Å². The molecule has 0 radical (unpaired) electrons. The normalized spacial score (nSPS) is 10.4. The second kappa shape index (κ2) is 8.18. The SMILES string of the molecule is Cc1cc(OCC(=O)N(C)Cc2ccc(Cl)c(Cl)c2)ccc1[N+](=O)[O-]. The molecule has 0 unspecified atom stereocenters. The van der Waals surface area contributed by atoms with Gasteiger partial charge in [0.25, 0.3) is 11.6 Å². The van der Waals surface area contributed by atoms with Crippen molar-refractivity contribution >= 4 is 34.8 Å². The number of hydrogen-bond acceptors (Lipinski definition) is 4. The molecule has 0 saturated heterocycles. The topological polar surface area (TPSA) is 72.7 Å². The second-order valence-electron chi connectivity index (χ2n) is 5.49. The number of nitro groups is 1. The Morgan fingerprint density at radius 1 is 1.20 bits per heavy atom. The van der Waals surface area contributed by atoms with Crippen LogP contribution in [0.25, 0.3) is 0 Å². The van der Waals surface area contributed by atoms with Crippen LogP contribution in [0.15, 0.2) is 36.4 Å². The van der Waals surface area contributed by atoms with Crippen molar-refractivity contribution in [2.45, 2.75) is 13.5 Å². The van der Waals surface area contributed by atoms with Gasteiger partial charge in [-0.15, -0.1) is 0 Å². The Kier molecular flexibility index (Phi) is 6.22. The highest BCUT2D eigenvalue weighted by atomic mass is 35.5. The molecular weight excluding hydrogens is 367 g/mol. The summed E-state index contributed by atoms with van der Waals surface area (Å²) in [5.41, 5.74) is 1.32. The van der Waals surface area contributed by atoms with Crippen LogP contribution < -0.4 is 4.74 Å². The highest BCUT2D eigenvalue weighted by molar-refractivity contribution is 6.42. The highest BCUT2D eigenvalue weighted by Crippen LogP contribution is 2.24. The van der Waals surface area contributed by atoms with Crippen LogP contribution in [-0.4, -0.2) is 29.4 Å². The largest absolute Gasteiger partial charge is 0.484 e. The number of hydrogen-bond donors (Lipinski definition) is 0. The fourth-order valence-electron chi connectivity index (χ4n) is 2.18. The van der Waals surface area contributed by atoms with Gasteiger partial charge in [-0.25, -0.2) is 0 Å². The maximum atomic E-state index is 12.2. The molecule has 0 aliphatic heterocycles. The standard InChI is InChI=1S/C17H16Cl2N2O4/c1-11-7-13(4-6-16(11)21(23)24)25-10-17(22)20(2)9-12-3-5-14(18)15(19)8-12/h3-8H,9-10H2,1-2H3. The third-order valence-corrected chi connectivity index (χ3v) is 4.30. The van der Waals surface area contributed by atoms with Gasteiger partial charge in [0.2, 0.25) is 0 Å². The molecule has 6 nitrogen and oxygen atoms in total. The zero-order valence-corrected chi connectivity index (χ0v) is 15.2. The van der Waals surface area contributed by atoms with Gasteiger partial charge in [-0.3, -0.25) is 14.9 Å². The predicted molar refractivity (Wildman–Crippen MR) is 96.3 cm³/mol. The minimum atomic E-state index is -0.463. The fraction of sp³-hybridized carbons (Fsp3) is 0.235. The number of rotatable bonds is 6. The Bertz CT molecular complexity index is 811. The molecule has 2 aromatic carbocycles. The van der Waals surface area contributed by atoms with E-state index in [1.54, 1.807) is 32.2 Å². The van der Waals surface area contributed by atoms with Gasteiger partial charge < -0.3 is 9.64 Å². The van der Waals surface area contributed by atoms with E-state index in [4.69, 9.17) is 27.9 Å². The Hall–Kier alpha value is -2.31. The first-order valence-electron chi connectivity index (χ1n) is 7.33. The lowest BCUT2D eigenvalue weighted by atomic mass is 10.2. The van der Waals surface area contributed by atoms with Crippen LogP contribution in [0.1, 0.15) is 11.1 Å². The quantitative estimate of drug-likeness (QED) is 0.552. The molecule has 1 amide bonds. The molecule has 0 saturated carbocycles. The summed E-state index contributed by atoms with van der Waals surface area (Å²) in [6.07, 6.45) is 0. The van der Waals surface area contributed by atoms with E-state index in [1.807, 2.05) is 0 Å². The van der Waals surface area contributed by atoms with Crippen molar-refractivity contribution in [1.82, 2.24) is 4.90 Å². The number of nitro benzene ring substituents is 1. The van der Waals surface area contributed by atoms with Gasteiger partial charge in [-0.2, -0.15) is 0 Å². The lowest BCUT2D eigenvalue weighted by Crippen LogP contribution is -2.30. The van der Waals surface area contributed by atoms with Gasteiger partial charge in [0.05, 0.1) is 15.0 Å². The van der Waals surface area contributed by atoms with Crippen LogP contribution in [-0.2, 0) is 11.3 Å². The lowest BCUT2D eigenvalue weighted by Gasteiger charge is -2.18. The predicted octanol–water partition coefficient (Wildman–Crippen LogP) is 4.25. The van der Waals surface area contributed by atoms with E-state index in [-0.39, 0.29) is 18.2 Å². The smallest absolute Gasteiger partial charge is 0.272 e. The van der Waals surface area contributed by atoms with E-state index in [9.17, 15) is 14.9 Å². The molecule has 2 rings (SSSR count). The Labute approximate surface area is 155 Å². The molecule has 0 heterocycles. The van der Waals surface area contributed by atoms with Crippen molar-refractivity contribution in [3.05, 3.63) is 67.7 Å². The van der Waals surface area contributed by atoms with Crippen molar-refractivity contribution in [3.8, 4) is 5.75 Å². The number of halogens is 2. The van der Waals surface area contributed by atoms with E-state index in [2.05, 4.69) is 0 Å². The number of carbonyl (C=O) groups is 1. The fourth-order valence-corrected chi connectivity index (χ4v) is 2.50. The van der Waals surface area contributed by atoms with Gasteiger partial charge in [0, 0.05) is 25.2 Å². The van der Waals surface area contributed by atoms with E-state index < -0.39 is 4.92 Å². The summed E-state index contributed by atoms with van der Waals surface area (Å²) >= 11 is 11.8. The van der Waals surface area contributed by atoms with Crippen molar-refractivity contribution in [2.75, 3.05) is 13.7 Å². The van der Waals surface area contributed by atoms with Crippen molar-refractivity contribution in [1.29, 1.82) is 0 Å². The Balaban J connectivity index is 1.94. The molecule has 8 heteroatoms. The minimum absolute atomic E-state index is 0.00964. The maximum absolute atomic E-state index is 12.2. The summed E-state index contributed by atoms with van der Waals surface area (Å²) in [5.74, 6) is 0.168. The first-order valence-corrected chi connectivity index (χ1v) is 8.09. The first-order chi connectivity index (χ1) is 11.8. The zero-order valence-electron chi connectivity index (χ0n) is 13.7. The van der Waals surface area contributed by atoms with Crippen LogP contribution in [0.5, 0.6) is 5.75 Å².